The van der Waals surface area contributed by atoms with Crippen LogP contribution in [0.15, 0.2) is 83.0 Å². The van der Waals surface area contributed by atoms with Gasteiger partial charge in [0.15, 0.2) is 0 Å². The Morgan fingerprint density at radius 3 is 2.21 bits per heavy atom. The summed E-state index contributed by atoms with van der Waals surface area (Å²) in [6, 6.07) is 8.92. The van der Waals surface area contributed by atoms with Crippen LogP contribution in [-0.4, -0.2) is 43.0 Å². The highest BCUT2D eigenvalue weighted by atomic mass is 32.2. The van der Waals surface area contributed by atoms with E-state index in [2.05, 4.69) is 86.8 Å². The molecule has 2 fully saturated rings. The molecule has 0 bridgehead atoms. The molecule has 3 nitrogen and oxygen atoms in total. The van der Waals surface area contributed by atoms with E-state index in [1.54, 1.807) is 0 Å². The van der Waals surface area contributed by atoms with Gasteiger partial charge in [-0.25, -0.2) is 0 Å². The first-order valence-electron chi connectivity index (χ1n) is 16.4. The van der Waals surface area contributed by atoms with Gasteiger partial charge in [0.25, 0.3) is 0 Å². The van der Waals surface area contributed by atoms with Crippen molar-refractivity contribution in [2.75, 3.05) is 32.4 Å². The van der Waals surface area contributed by atoms with Crippen molar-refractivity contribution in [1.82, 2.24) is 10.2 Å². The predicted molar refractivity (Wildman–Crippen MR) is 192 cm³/mol. The van der Waals surface area contributed by atoms with E-state index in [1.165, 1.54) is 54.0 Å². The summed E-state index contributed by atoms with van der Waals surface area (Å²) in [6.45, 7) is 26.2. The number of rotatable bonds is 8. The zero-order valence-electron chi connectivity index (χ0n) is 28.2. The van der Waals surface area contributed by atoms with Crippen molar-refractivity contribution in [3.05, 3.63) is 94.1 Å². The molecule has 3 aliphatic rings. The molecule has 0 aromatic heterocycles. The molecule has 1 atom stereocenters. The van der Waals surface area contributed by atoms with Gasteiger partial charge in [-0.15, -0.1) is 11.8 Å². The number of hydrogen-bond donors (Lipinski definition) is 2. The summed E-state index contributed by atoms with van der Waals surface area (Å²) >= 11 is 1.87. The van der Waals surface area contributed by atoms with E-state index in [0.717, 1.165) is 66.5 Å². The number of likely N-dealkylation sites (tertiary alicyclic amines) is 1. The van der Waals surface area contributed by atoms with Crippen LogP contribution in [0.1, 0.15) is 104 Å². The number of allylic oxidation sites excluding steroid dienone is 7. The molecule has 234 valence electrons. The number of benzene rings is 1. The van der Waals surface area contributed by atoms with Gasteiger partial charge >= 0.3 is 0 Å². The van der Waals surface area contributed by atoms with Crippen LogP contribution >= 0.6 is 11.8 Å². The zero-order chi connectivity index (χ0) is 31.5. The van der Waals surface area contributed by atoms with E-state index in [4.69, 9.17) is 5.41 Å². The van der Waals surface area contributed by atoms with Crippen LogP contribution in [-0.2, 0) is 6.42 Å². The summed E-state index contributed by atoms with van der Waals surface area (Å²) in [5, 5.41) is 11.9. The molecule has 1 aromatic carbocycles. The minimum atomic E-state index is 0.397. The molecule has 0 radical (unpaired) electrons. The third kappa shape index (κ3) is 13.3. The summed E-state index contributed by atoms with van der Waals surface area (Å²) in [7, 11) is 2.20. The Kier molecular flexibility index (Phi) is 19.2. The lowest BCUT2D eigenvalue weighted by molar-refractivity contribution is 0.218. The largest absolute Gasteiger partial charge is 0.389 e. The third-order valence-corrected chi connectivity index (χ3v) is 9.07. The molecular weight excluding hydrogens is 531 g/mol. The smallest absolute Gasteiger partial charge is 0.0402 e. The Morgan fingerprint density at radius 2 is 1.69 bits per heavy atom. The van der Waals surface area contributed by atoms with Crippen molar-refractivity contribution >= 4 is 17.5 Å². The quantitative estimate of drug-likeness (QED) is 0.316. The Balaban J connectivity index is 0.000000462. The second kappa shape index (κ2) is 21.4. The average Bonchev–Trinajstić information content (AvgIpc) is 3.02. The molecule has 0 amide bonds. The summed E-state index contributed by atoms with van der Waals surface area (Å²) in [5.41, 5.74) is 8.31. The fourth-order valence-corrected chi connectivity index (χ4v) is 6.44. The lowest BCUT2D eigenvalue weighted by atomic mass is 9.77. The van der Waals surface area contributed by atoms with Gasteiger partial charge in [0, 0.05) is 29.3 Å². The van der Waals surface area contributed by atoms with Gasteiger partial charge in [-0.2, -0.15) is 0 Å². The summed E-state index contributed by atoms with van der Waals surface area (Å²) in [4.78, 5) is 3.66. The first kappa shape index (κ1) is 37.7. The summed E-state index contributed by atoms with van der Waals surface area (Å²) in [6.07, 6.45) is 14.5. The lowest BCUT2D eigenvalue weighted by Gasteiger charge is -2.29. The Hall–Kier alpha value is -2.30. The second-order valence-electron chi connectivity index (χ2n) is 11.2. The van der Waals surface area contributed by atoms with Crippen LogP contribution in [0.25, 0.3) is 0 Å². The standard InChI is InChI=1S/C24H29NS.C10H20N2.2C2H6/c1-4-19-10-12-21(13-11-19)22-14-17(2)24(23(25)15-22)18(3)26-16-20-8-6-5-7-9-20;1-9(2)11-8-10-4-6-12(3)7-5-10;2*1-2/h5-6,8,10-13,22,25H,2,4,7,9,14-16H2,1,3H3;10-11H,1,4-8H2,2-3H3;2*1-2H3/b24-18-,25-23?;;;. The van der Waals surface area contributed by atoms with Crippen molar-refractivity contribution in [2.45, 2.75) is 99.3 Å². The van der Waals surface area contributed by atoms with Crippen LogP contribution < -0.4 is 5.32 Å². The fraction of sp³-hybridized carbons (Fsp3) is 0.553. The molecule has 1 unspecified atom stereocenters. The molecular formula is C38H61N3S. The third-order valence-electron chi connectivity index (χ3n) is 7.91. The highest BCUT2D eigenvalue weighted by Gasteiger charge is 2.26. The molecule has 1 saturated heterocycles. The van der Waals surface area contributed by atoms with Gasteiger partial charge < -0.3 is 15.6 Å². The molecule has 2 aliphatic carbocycles. The van der Waals surface area contributed by atoms with Crippen molar-refractivity contribution in [1.29, 1.82) is 5.41 Å². The van der Waals surface area contributed by atoms with E-state index in [9.17, 15) is 0 Å². The van der Waals surface area contributed by atoms with Gasteiger partial charge in [0.05, 0.1) is 0 Å². The monoisotopic (exact) mass is 591 g/mol. The van der Waals surface area contributed by atoms with Crippen LogP contribution in [0, 0.1) is 11.3 Å². The highest BCUT2D eigenvalue weighted by molar-refractivity contribution is 8.03. The number of piperidine rings is 1. The number of hydrogen-bond acceptors (Lipinski definition) is 4. The van der Waals surface area contributed by atoms with Crippen molar-refractivity contribution in [3.63, 3.8) is 0 Å². The lowest BCUT2D eigenvalue weighted by Crippen LogP contribution is -2.34. The zero-order valence-corrected chi connectivity index (χ0v) is 29.1. The first-order valence-corrected chi connectivity index (χ1v) is 17.4. The summed E-state index contributed by atoms with van der Waals surface area (Å²) < 4.78 is 0. The number of aryl methyl sites for hydroxylation is 1. The summed E-state index contributed by atoms with van der Waals surface area (Å²) in [5.74, 6) is 2.29. The van der Waals surface area contributed by atoms with E-state index in [0.29, 0.717) is 5.92 Å². The topological polar surface area (TPSA) is 39.1 Å². The maximum absolute atomic E-state index is 8.63. The number of thioether (sulfide) groups is 1. The van der Waals surface area contributed by atoms with Gasteiger partial charge in [-0.1, -0.05) is 95.8 Å². The van der Waals surface area contributed by atoms with Crippen LogP contribution in [0.2, 0.25) is 0 Å². The molecule has 1 saturated carbocycles. The highest BCUT2D eigenvalue weighted by Crippen LogP contribution is 2.40. The van der Waals surface area contributed by atoms with Crippen LogP contribution in [0.4, 0.5) is 0 Å². The molecule has 1 aliphatic heterocycles. The SMILES string of the molecule is C=C(C)NCC1CCN(C)CC1.C=C1CC(c2ccc(CC)cc2)CC(=N)/C1=C(/C)SCC1=CC=CCC1.CC.CC. The molecule has 4 heteroatoms. The Morgan fingerprint density at radius 1 is 1.05 bits per heavy atom. The number of nitrogens with one attached hydrogen (secondary N) is 2. The fourth-order valence-electron chi connectivity index (χ4n) is 5.39. The molecule has 2 N–H and O–H groups in total. The molecule has 4 rings (SSSR count). The maximum atomic E-state index is 8.63. The van der Waals surface area contributed by atoms with Gasteiger partial charge in [0.1, 0.15) is 0 Å². The van der Waals surface area contributed by atoms with E-state index in [1.807, 2.05) is 46.4 Å². The minimum Gasteiger partial charge on any atom is -0.389 e. The van der Waals surface area contributed by atoms with Crippen molar-refractivity contribution in [3.8, 4) is 0 Å². The molecule has 1 heterocycles. The van der Waals surface area contributed by atoms with E-state index < -0.39 is 0 Å². The van der Waals surface area contributed by atoms with Gasteiger partial charge in [-0.05, 0) is 112 Å². The minimum absolute atomic E-state index is 0.397. The van der Waals surface area contributed by atoms with Crippen LogP contribution in [0.5, 0.6) is 0 Å². The molecule has 42 heavy (non-hydrogen) atoms. The van der Waals surface area contributed by atoms with Crippen LogP contribution in [0.3, 0.4) is 0 Å². The van der Waals surface area contributed by atoms with E-state index in [-0.39, 0.29) is 0 Å². The Labute approximate surface area is 264 Å². The Bertz CT molecular complexity index is 1030. The normalized spacial score (nSPS) is 20.1. The van der Waals surface area contributed by atoms with Gasteiger partial charge in [0.2, 0.25) is 0 Å². The van der Waals surface area contributed by atoms with Gasteiger partial charge in [-0.3, -0.25) is 0 Å². The number of nitrogens with zero attached hydrogens (tertiary/aromatic N) is 1. The molecule has 1 aromatic rings. The van der Waals surface area contributed by atoms with E-state index >= 15 is 0 Å². The van der Waals surface area contributed by atoms with Crippen molar-refractivity contribution < 1.29 is 0 Å². The average molecular weight is 592 g/mol. The molecule has 0 spiro atoms. The predicted octanol–water partition coefficient (Wildman–Crippen LogP) is 10.5. The van der Waals surface area contributed by atoms with Crippen molar-refractivity contribution in [2.24, 2.45) is 5.92 Å². The maximum Gasteiger partial charge on any atom is 0.0402 e. The second-order valence-corrected chi connectivity index (χ2v) is 12.4. The first-order chi connectivity index (χ1) is 20.3.